The Balaban J connectivity index is 0.943. The molecule has 41 heavy (non-hydrogen) atoms. The van der Waals surface area contributed by atoms with E-state index in [1.54, 1.807) is 11.3 Å². The third kappa shape index (κ3) is 7.20. The minimum atomic E-state index is -0.554. The van der Waals surface area contributed by atoms with Gasteiger partial charge in [-0.05, 0) is 43.3 Å². The van der Waals surface area contributed by atoms with Crippen LogP contribution in [-0.2, 0) is 6.54 Å². The highest BCUT2D eigenvalue weighted by atomic mass is 32.1. The Morgan fingerprint density at radius 1 is 0.927 bits per heavy atom. The smallest absolute Gasteiger partial charge is 0.151 e. The van der Waals surface area contributed by atoms with Gasteiger partial charge in [-0.3, -0.25) is 9.80 Å². The van der Waals surface area contributed by atoms with Crippen molar-refractivity contribution in [3.63, 3.8) is 0 Å². The van der Waals surface area contributed by atoms with Crippen LogP contribution in [0.3, 0.4) is 0 Å². The van der Waals surface area contributed by atoms with Gasteiger partial charge < -0.3 is 14.4 Å². The number of aliphatic hydroxyl groups is 1. The number of fused-ring (bicyclic) bond motifs is 1. The molecule has 0 saturated carbocycles. The van der Waals surface area contributed by atoms with E-state index in [1.807, 2.05) is 85.8 Å². The van der Waals surface area contributed by atoms with Crippen molar-refractivity contribution in [1.29, 1.82) is 0 Å². The first kappa shape index (κ1) is 27.2. The summed E-state index contributed by atoms with van der Waals surface area (Å²) in [5, 5.41) is 15.9. The quantitative estimate of drug-likeness (QED) is 0.259. The van der Waals surface area contributed by atoms with Crippen molar-refractivity contribution in [3.05, 3.63) is 101 Å². The van der Waals surface area contributed by atoms with Gasteiger partial charge in [-0.15, -0.1) is 11.3 Å². The lowest BCUT2D eigenvalue weighted by Crippen LogP contribution is -2.48. The van der Waals surface area contributed by atoms with Crippen LogP contribution in [0.5, 0.6) is 5.75 Å². The molecule has 1 aliphatic heterocycles. The number of β-amino-alcohol motifs (C(OH)–C–C–N with tert-alkyl or cyclic N) is 1. The maximum absolute atomic E-state index is 10.6. The summed E-state index contributed by atoms with van der Waals surface area (Å²) in [5.74, 6) is 7.98. The highest BCUT2D eigenvalue weighted by Gasteiger charge is 2.21. The molecule has 208 valence electrons. The molecule has 1 aliphatic rings. The van der Waals surface area contributed by atoms with Crippen molar-refractivity contribution >= 4 is 21.6 Å². The lowest BCUT2D eigenvalue weighted by molar-refractivity contribution is 0.0430. The molecule has 0 unspecified atom stereocenters. The van der Waals surface area contributed by atoms with Crippen molar-refractivity contribution in [2.75, 3.05) is 39.3 Å². The first-order valence-corrected chi connectivity index (χ1v) is 14.6. The van der Waals surface area contributed by atoms with Crippen molar-refractivity contribution in [3.8, 4) is 28.8 Å². The van der Waals surface area contributed by atoms with E-state index in [0.717, 1.165) is 75.3 Å². The molecule has 0 bridgehead atoms. The number of ether oxygens (including phenoxy) is 1. The van der Waals surface area contributed by atoms with E-state index in [4.69, 9.17) is 9.26 Å². The average molecular weight is 565 g/mol. The van der Waals surface area contributed by atoms with Gasteiger partial charge in [-0.25, -0.2) is 4.98 Å². The predicted molar refractivity (Wildman–Crippen MR) is 162 cm³/mol. The number of rotatable bonds is 8. The monoisotopic (exact) mass is 564 g/mol. The number of hydrogen-bond donors (Lipinski definition) is 1. The molecule has 0 radical (unpaired) electrons. The van der Waals surface area contributed by atoms with Gasteiger partial charge in [0.05, 0.1) is 21.8 Å². The third-order valence-electron chi connectivity index (χ3n) is 7.09. The van der Waals surface area contributed by atoms with Crippen LogP contribution >= 0.6 is 11.3 Å². The fourth-order valence-corrected chi connectivity index (χ4v) is 5.73. The van der Waals surface area contributed by atoms with Crippen molar-refractivity contribution in [2.45, 2.75) is 19.6 Å². The molecule has 1 saturated heterocycles. The van der Waals surface area contributed by atoms with Gasteiger partial charge >= 0.3 is 0 Å². The Morgan fingerprint density at radius 2 is 1.66 bits per heavy atom. The topological polar surface area (TPSA) is 74.9 Å². The Hall–Kier alpha value is -4.00. The van der Waals surface area contributed by atoms with Crippen LogP contribution in [0.25, 0.3) is 21.5 Å². The van der Waals surface area contributed by atoms with Crippen LogP contribution in [0.15, 0.2) is 83.4 Å². The molecule has 0 amide bonds. The Morgan fingerprint density at radius 3 is 2.44 bits per heavy atom. The summed E-state index contributed by atoms with van der Waals surface area (Å²) < 4.78 is 12.7. The summed E-state index contributed by atoms with van der Waals surface area (Å²) in [6, 6.07) is 26.0. The standard InChI is InChI=1S/C33H32N4O3S/c1-24-34-32-19-29(13-14-33(32)41-24)39-23-28(38)21-36-15-17-37(18-16-36)22-30-20-31(35-40-30)27-11-9-26(10-12-27)8-7-25-5-3-2-4-6-25/h2-6,9-14,19-20,28,38H,15-18,21-23H2,1H3/t28-/m0/s1. The molecule has 1 N–H and O–H groups in total. The van der Waals surface area contributed by atoms with Gasteiger partial charge in [-0.1, -0.05) is 47.3 Å². The van der Waals surface area contributed by atoms with Gasteiger partial charge in [0.2, 0.25) is 0 Å². The Kier molecular flexibility index (Phi) is 8.40. The molecule has 3 aromatic carbocycles. The highest BCUT2D eigenvalue weighted by Crippen LogP contribution is 2.26. The molecule has 7 nitrogen and oxygen atoms in total. The van der Waals surface area contributed by atoms with E-state index in [-0.39, 0.29) is 6.61 Å². The Bertz CT molecular complexity index is 1640. The van der Waals surface area contributed by atoms with Crippen LogP contribution in [0.2, 0.25) is 0 Å². The summed E-state index contributed by atoms with van der Waals surface area (Å²) in [4.78, 5) is 9.16. The zero-order valence-electron chi connectivity index (χ0n) is 23.0. The minimum Gasteiger partial charge on any atom is -0.491 e. The number of hydrogen-bond acceptors (Lipinski definition) is 8. The maximum Gasteiger partial charge on any atom is 0.151 e. The number of aryl methyl sites for hydroxylation is 1. The molecule has 5 aromatic rings. The fraction of sp³-hybridized carbons (Fsp3) is 0.273. The van der Waals surface area contributed by atoms with Crippen molar-refractivity contribution < 1.29 is 14.4 Å². The molecule has 0 spiro atoms. The third-order valence-corrected chi connectivity index (χ3v) is 8.04. The molecule has 3 heterocycles. The lowest BCUT2D eigenvalue weighted by Gasteiger charge is -2.35. The van der Waals surface area contributed by atoms with E-state index in [1.165, 1.54) is 0 Å². The lowest BCUT2D eigenvalue weighted by atomic mass is 10.1. The predicted octanol–water partition coefficient (Wildman–Crippen LogP) is 5.22. The number of piperazine rings is 1. The maximum atomic E-state index is 10.6. The highest BCUT2D eigenvalue weighted by molar-refractivity contribution is 7.18. The first-order chi connectivity index (χ1) is 20.1. The Labute approximate surface area is 244 Å². The van der Waals surface area contributed by atoms with E-state index in [0.29, 0.717) is 13.1 Å². The summed E-state index contributed by atoms with van der Waals surface area (Å²) in [7, 11) is 0. The molecular formula is C33H32N4O3S. The number of aromatic nitrogens is 2. The molecule has 8 heteroatoms. The number of aliphatic hydroxyl groups excluding tert-OH is 1. The molecule has 1 fully saturated rings. The SMILES string of the molecule is Cc1nc2cc(OC[C@@H](O)CN3CCN(Cc4cc(-c5ccc(C#Cc6ccccc6)cc5)no4)CC3)ccc2s1. The largest absolute Gasteiger partial charge is 0.491 e. The van der Waals surface area contributed by atoms with Gasteiger partial charge in [0, 0.05) is 61.5 Å². The van der Waals surface area contributed by atoms with Crippen LogP contribution in [0.4, 0.5) is 0 Å². The normalized spacial score (nSPS) is 15.0. The van der Waals surface area contributed by atoms with Gasteiger partial charge in [0.15, 0.2) is 5.76 Å². The molecule has 1 atom stereocenters. The summed E-state index contributed by atoms with van der Waals surface area (Å²) >= 11 is 1.67. The second-order valence-electron chi connectivity index (χ2n) is 10.3. The number of nitrogens with zero attached hydrogens (tertiary/aromatic N) is 4. The van der Waals surface area contributed by atoms with E-state index in [2.05, 4.69) is 31.8 Å². The van der Waals surface area contributed by atoms with E-state index < -0.39 is 6.10 Å². The van der Waals surface area contributed by atoms with Crippen LogP contribution in [0.1, 0.15) is 21.9 Å². The molecule has 2 aromatic heterocycles. The van der Waals surface area contributed by atoms with E-state index in [9.17, 15) is 5.11 Å². The van der Waals surface area contributed by atoms with E-state index >= 15 is 0 Å². The molecule has 0 aliphatic carbocycles. The van der Waals surface area contributed by atoms with Gasteiger partial charge in [-0.2, -0.15) is 0 Å². The second kappa shape index (κ2) is 12.7. The first-order valence-electron chi connectivity index (χ1n) is 13.8. The van der Waals surface area contributed by atoms with Crippen molar-refractivity contribution in [1.82, 2.24) is 19.9 Å². The van der Waals surface area contributed by atoms with Crippen LogP contribution < -0.4 is 4.74 Å². The minimum absolute atomic E-state index is 0.260. The van der Waals surface area contributed by atoms with Gasteiger partial charge in [0.1, 0.15) is 24.2 Å². The van der Waals surface area contributed by atoms with Crippen LogP contribution in [0, 0.1) is 18.8 Å². The summed E-state index contributed by atoms with van der Waals surface area (Å²) in [6.45, 7) is 7.13. The van der Waals surface area contributed by atoms with Crippen molar-refractivity contribution in [2.24, 2.45) is 0 Å². The fourth-order valence-electron chi connectivity index (χ4n) is 4.92. The van der Waals surface area contributed by atoms with Gasteiger partial charge in [0.25, 0.3) is 0 Å². The zero-order valence-corrected chi connectivity index (χ0v) is 23.8. The zero-order chi connectivity index (χ0) is 28.0. The second-order valence-corrected chi connectivity index (χ2v) is 11.5. The number of thiazole rings is 1. The summed E-state index contributed by atoms with van der Waals surface area (Å²) in [6.07, 6.45) is -0.554. The average Bonchev–Trinajstić information content (AvgIpc) is 3.62. The molecular weight excluding hydrogens is 532 g/mol. The number of benzene rings is 3. The molecule has 6 rings (SSSR count). The van der Waals surface area contributed by atoms with Crippen LogP contribution in [-0.4, -0.2) is 70.5 Å². The summed E-state index contributed by atoms with van der Waals surface area (Å²) in [5.41, 5.74) is 4.74.